The summed E-state index contributed by atoms with van der Waals surface area (Å²) in [5.41, 5.74) is 0.724. The number of benzene rings is 1. The Bertz CT molecular complexity index is 557. The minimum Gasteiger partial charge on any atom is -0.417 e. The SMILES string of the molecule is CC(C)NCc1coc(Oc2ccc(F)cc2Cl)n1. The predicted octanol–water partition coefficient (Wildman–Crippen LogP) is 3.76. The van der Waals surface area contributed by atoms with E-state index in [2.05, 4.69) is 10.3 Å². The topological polar surface area (TPSA) is 47.3 Å². The molecule has 0 bridgehead atoms. The number of ether oxygens (including phenoxy) is 1. The van der Waals surface area contributed by atoms with Crippen molar-refractivity contribution in [2.75, 3.05) is 0 Å². The molecular formula is C13H14ClFN2O2. The molecule has 102 valence electrons. The van der Waals surface area contributed by atoms with E-state index in [1.54, 1.807) is 0 Å². The molecule has 0 aliphatic carbocycles. The highest BCUT2D eigenvalue weighted by Gasteiger charge is 2.10. The van der Waals surface area contributed by atoms with Crippen molar-refractivity contribution < 1.29 is 13.5 Å². The van der Waals surface area contributed by atoms with Crippen molar-refractivity contribution in [2.45, 2.75) is 26.4 Å². The molecule has 1 N–H and O–H groups in total. The molecule has 0 atom stereocenters. The summed E-state index contributed by atoms with van der Waals surface area (Å²) in [6, 6.07) is 4.20. The normalized spacial score (nSPS) is 11.0. The molecule has 1 aromatic carbocycles. The van der Waals surface area contributed by atoms with Gasteiger partial charge in [-0.3, -0.25) is 0 Å². The molecule has 0 saturated carbocycles. The number of halogens is 2. The molecule has 0 aliphatic rings. The Kier molecular flexibility index (Phi) is 4.39. The number of aromatic nitrogens is 1. The number of rotatable bonds is 5. The first kappa shape index (κ1) is 13.8. The van der Waals surface area contributed by atoms with Crippen LogP contribution in [0.15, 0.2) is 28.9 Å². The fourth-order valence-corrected chi connectivity index (χ4v) is 1.58. The molecule has 0 unspecified atom stereocenters. The standard InChI is InChI=1S/C13H14ClFN2O2/c1-8(2)16-6-10-7-18-13(17-10)19-12-4-3-9(15)5-11(12)14/h3-5,7-8,16H,6H2,1-2H3. The van der Waals surface area contributed by atoms with Crippen molar-refractivity contribution in [3.05, 3.63) is 41.0 Å². The van der Waals surface area contributed by atoms with E-state index in [9.17, 15) is 4.39 Å². The third-order valence-electron chi connectivity index (χ3n) is 2.31. The third-order valence-corrected chi connectivity index (χ3v) is 2.61. The molecule has 0 radical (unpaired) electrons. The second-order valence-electron chi connectivity index (χ2n) is 4.32. The largest absolute Gasteiger partial charge is 0.417 e. The summed E-state index contributed by atoms with van der Waals surface area (Å²) in [6.07, 6.45) is 1.58. The molecule has 0 fully saturated rings. The summed E-state index contributed by atoms with van der Waals surface area (Å²) in [5, 5.41) is 3.37. The average Bonchev–Trinajstić information content (AvgIpc) is 2.78. The van der Waals surface area contributed by atoms with Crippen molar-refractivity contribution in [1.82, 2.24) is 10.3 Å². The molecule has 2 aromatic rings. The van der Waals surface area contributed by atoms with Crippen LogP contribution in [-0.2, 0) is 6.54 Å². The van der Waals surface area contributed by atoms with Crippen LogP contribution in [0.5, 0.6) is 11.8 Å². The van der Waals surface area contributed by atoms with Crippen molar-refractivity contribution in [3.63, 3.8) is 0 Å². The molecule has 2 rings (SSSR count). The maximum atomic E-state index is 12.9. The lowest BCUT2D eigenvalue weighted by Gasteiger charge is -2.04. The van der Waals surface area contributed by atoms with Crippen LogP contribution in [0.4, 0.5) is 4.39 Å². The van der Waals surface area contributed by atoms with E-state index >= 15 is 0 Å². The highest BCUT2D eigenvalue weighted by molar-refractivity contribution is 6.32. The van der Waals surface area contributed by atoms with Crippen LogP contribution in [-0.4, -0.2) is 11.0 Å². The van der Waals surface area contributed by atoms with Crippen molar-refractivity contribution in [3.8, 4) is 11.8 Å². The molecule has 1 aromatic heterocycles. The summed E-state index contributed by atoms with van der Waals surface area (Å²) < 4.78 is 23.4. The van der Waals surface area contributed by atoms with Gasteiger partial charge in [0.2, 0.25) is 0 Å². The monoisotopic (exact) mass is 284 g/mol. The summed E-state index contributed by atoms with van der Waals surface area (Å²) in [7, 11) is 0. The molecule has 0 aliphatic heterocycles. The van der Waals surface area contributed by atoms with Crippen LogP contribution in [0, 0.1) is 5.82 Å². The minimum atomic E-state index is -0.424. The summed E-state index contributed by atoms with van der Waals surface area (Å²) in [6.45, 7) is 4.66. The van der Waals surface area contributed by atoms with Gasteiger partial charge < -0.3 is 14.5 Å². The van der Waals surface area contributed by atoms with Gasteiger partial charge in [0.25, 0.3) is 0 Å². The number of nitrogens with one attached hydrogen (secondary N) is 1. The van der Waals surface area contributed by atoms with Gasteiger partial charge in [-0.05, 0) is 18.2 Å². The second kappa shape index (κ2) is 6.04. The van der Waals surface area contributed by atoms with Gasteiger partial charge >= 0.3 is 6.08 Å². The summed E-state index contributed by atoms with van der Waals surface area (Å²) in [5.74, 6) is -0.125. The molecule has 6 heteroatoms. The van der Waals surface area contributed by atoms with Crippen molar-refractivity contribution in [2.24, 2.45) is 0 Å². The van der Waals surface area contributed by atoms with E-state index in [0.29, 0.717) is 18.3 Å². The predicted molar refractivity (Wildman–Crippen MR) is 70.0 cm³/mol. The van der Waals surface area contributed by atoms with E-state index < -0.39 is 5.82 Å². The number of nitrogens with zero attached hydrogens (tertiary/aromatic N) is 1. The molecule has 4 nitrogen and oxygen atoms in total. The maximum Gasteiger partial charge on any atom is 0.399 e. The fraction of sp³-hybridized carbons (Fsp3) is 0.308. The van der Waals surface area contributed by atoms with Crippen LogP contribution >= 0.6 is 11.6 Å². The van der Waals surface area contributed by atoms with Gasteiger partial charge in [-0.25, -0.2) is 4.39 Å². The van der Waals surface area contributed by atoms with Gasteiger partial charge in [0, 0.05) is 12.6 Å². The maximum absolute atomic E-state index is 12.9. The van der Waals surface area contributed by atoms with E-state index in [1.165, 1.54) is 24.5 Å². The molecular weight excluding hydrogens is 271 g/mol. The van der Waals surface area contributed by atoms with Crippen LogP contribution in [0.1, 0.15) is 19.5 Å². The number of hydrogen-bond acceptors (Lipinski definition) is 4. The smallest absolute Gasteiger partial charge is 0.399 e. The Morgan fingerprint density at radius 2 is 2.26 bits per heavy atom. The Balaban J connectivity index is 2.03. The molecule has 19 heavy (non-hydrogen) atoms. The first-order chi connectivity index (χ1) is 9.04. The molecule has 0 saturated heterocycles. The van der Waals surface area contributed by atoms with E-state index in [4.69, 9.17) is 20.8 Å². The van der Waals surface area contributed by atoms with Crippen LogP contribution in [0.3, 0.4) is 0 Å². The van der Waals surface area contributed by atoms with Crippen molar-refractivity contribution in [1.29, 1.82) is 0 Å². The van der Waals surface area contributed by atoms with Gasteiger partial charge in [0.1, 0.15) is 12.1 Å². The van der Waals surface area contributed by atoms with Crippen LogP contribution in [0.2, 0.25) is 5.02 Å². The Morgan fingerprint density at radius 3 is 2.95 bits per heavy atom. The Hall–Kier alpha value is -1.59. The first-order valence-corrected chi connectivity index (χ1v) is 6.23. The highest BCUT2D eigenvalue weighted by Crippen LogP contribution is 2.29. The molecule has 1 heterocycles. The quantitative estimate of drug-likeness (QED) is 0.908. The summed E-state index contributed by atoms with van der Waals surface area (Å²) >= 11 is 5.84. The lowest BCUT2D eigenvalue weighted by molar-refractivity contribution is 0.330. The van der Waals surface area contributed by atoms with E-state index in [-0.39, 0.29) is 11.1 Å². The minimum absolute atomic E-state index is 0.0778. The molecule has 0 amide bonds. The third kappa shape index (κ3) is 3.94. The van der Waals surface area contributed by atoms with Gasteiger partial charge in [-0.1, -0.05) is 25.4 Å². The van der Waals surface area contributed by atoms with Crippen LogP contribution < -0.4 is 10.1 Å². The lowest BCUT2D eigenvalue weighted by Crippen LogP contribution is -2.21. The zero-order valence-electron chi connectivity index (χ0n) is 10.6. The first-order valence-electron chi connectivity index (χ1n) is 5.85. The van der Waals surface area contributed by atoms with E-state index in [1.807, 2.05) is 13.8 Å². The Labute approximate surface area is 115 Å². The van der Waals surface area contributed by atoms with E-state index in [0.717, 1.165) is 5.69 Å². The summed E-state index contributed by atoms with van der Waals surface area (Å²) in [4.78, 5) is 4.14. The number of hydrogen-bond donors (Lipinski definition) is 1. The highest BCUT2D eigenvalue weighted by atomic mass is 35.5. The molecule has 0 spiro atoms. The van der Waals surface area contributed by atoms with Gasteiger partial charge in [-0.15, -0.1) is 0 Å². The fourth-order valence-electron chi connectivity index (χ4n) is 1.38. The van der Waals surface area contributed by atoms with Crippen LogP contribution in [0.25, 0.3) is 0 Å². The number of oxazole rings is 1. The lowest BCUT2D eigenvalue weighted by atomic mass is 10.3. The zero-order valence-corrected chi connectivity index (χ0v) is 11.4. The Morgan fingerprint density at radius 1 is 1.47 bits per heavy atom. The second-order valence-corrected chi connectivity index (χ2v) is 4.72. The van der Waals surface area contributed by atoms with Gasteiger partial charge in [0.15, 0.2) is 5.75 Å². The van der Waals surface area contributed by atoms with Gasteiger partial charge in [0.05, 0.1) is 10.7 Å². The zero-order chi connectivity index (χ0) is 13.8. The van der Waals surface area contributed by atoms with Crippen molar-refractivity contribution >= 4 is 11.6 Å². The van der Waals surface area contributed by atoms with Gasteiger partial charge in [-0.2, -0.15) is 4.98 Å². The average molecular weight is 285 g/mol.